The number of ether oxygens (including phenoxy) is 1. The van der Waals surface area contributed by atoms with Crippen LogP contribution >= 0.6 is 0 Å². The Kier molecular flexibility index (Phi) is 5.11. The lowest BCUT2D eigenvalue weighted by Gasteiger charge is -2.20. The number of carbonyl (C=O) groups excluding carboxylic acids is 3. The number of hydrogen-bond acceptors (Lipinski definition) is 6. The summed E-state index contributed by atoms with van der Waals surface area (Å²) in [5.41, 5.74) is 0.900. The molecular weight excluding hydrogens is 322 g/mol. The highest BCUT2D eigenvalue weighted by molar-refractivity contribution is 6.38. The van der Waals surface area contributed by atoms with Gasteiger partial charge in [-0.1, -0.05) is 18.2 Å². The van der Waals surface area contributed by atoms with Crippen LogP contribution < -0.4 is 5.01 Å². The molecule has 2 aliphatic rings. The third-order valence-electron chi connectivity index (χ3n) is 4.42. The Morgan fingerprint density at radius 3 is 2.48 bits per heavy atom. The molecule has 0 aromatic heterocycles. The average Bonchev–Trinajstić information content (AvgIpc) is 3.29. The quantitative estimate of drug-likeness (QED) is 0.755. The van der Waals surface area contributed by atoms with Crippen LogP contribution in [0.25, 0.3) is 0 Å². The van der Waals surface area contributed by atoms with Crippen molar-refractivity contribution in [2.75, 3.05) is 24.7 Å². The number of anilines is 1. The van der Waals surface area contributed by atoms with Gasteiger partial charge >= 0.3 is 5.97 Å². The van der Waals surface area contributed by atoms with Crippen molar-refractivity contribution in [3.8, 4) is 0 Å². The van der Waals surface area contributed by atoms with Crippen LogP contribution in [0.5, 0.6) is 0 Å². The molecule has 132 valence electrons. The Balaban J connectivity index is 1.65. The van der Waals surface area contributed by atoms with Gasteiger partial charge < -0.3 is 9.64 Å². The molecule has 1 aromatic rings. The molecule has 0 spiro atoms. The second-order valence-electron chi connectivity index (χ2n) is 6.22. The molecule has 0 bridgehead atoms. The standard InChI is InChI=1S/C18H21N3O4/c1-13(22)16-11-15(19-21(16)14-7-3-2-4-8-14)18(24)25-12-17(23)20-9-5-6-10-20/h2-4,7-8,16H,5-6,9-12H2,1H3/t16-/m1/s1. The number of nitrogens with zero attached hydrogens (tertiary/aromatic N) is 3. The molecule has 0 N–H and O–H groups in total. The fourth-order valence-electron chi connectivity index (χ4n) is 3.04. The van der Waals surface area contributed by atoms with E-state index in [1.807, 2.05) is 30.3 Å². The molecule has 2 heterocycles. The minimum absolute atomic E-state index is 0.0800. The summed E-state index contributed by atoms with van der Waals surface area (Å²) in [5, 5.41) is 5.81. The van der Waals surface area contributed by atoms with Crippen LogP contribution in [-0.2, 0) is 19.1 Å². The number of benzene rings is 1. The third kappa shape index (κ3) is 3.87. The summed E-state index contributed by atoms with van der Waals surface area (Å²) in [4.78, 5) is 37.8. The number of hydrogen-bond donors (Lipinski definition) is 0. The minimum Gasteiger partial charge on any atom is -0.451 e. The molecule has 0 saturated carbocycles. The molecule has 7 heteroatoms. The average molecular weight is 343 g/mol. The van der Waals surface area contributed by atoms with Gasteiger partial charge in [0, 0.05) is 19.5 Å². The summed E-state index contributed by atoms with van der Waals surface area (Å²) in [7, 11) is 0. The zero-order valence-electron chi connectivity index (χ0n) is 14.2. The van der Waals surface area contributed by atoms with Crippen LogP contribution in [0.1, 0.15) is 26.2 Å². The fraction of sp³-hybridized carbons (Fsp3) is 0.444. The van der Waals surface area contributed by atoms with Crippen LogP contribution in [0.3, 0.4) is 0 Å². The van der Waals surface area contributed by atoms with Gasteiger partial charge in [-0.25, -0.2) is 4.79 Å². The van der Waals surface area contributed by atoms with E-state index < -0.39 is 12.0 Å². The maximum absolute atomic E-state index is 12.2. The van der Waals surface area contributed by atoms with Crippen LogP contribution in [0.4, 0.5) is 5.69 Å². The van der Waals surface area contributed by atoms with Crippen LogP contribution in [0.15, 0.2) is 35.4 Å². The van der Waals surface area contributed by atoms with Gasteiger partial charge in [0.15, 0.2) is 12.4 Å². The van der Waals surface area contributed by atoms with E-state index in [9.17, 15) is 14.4 Å². The number of esters is 1. The predicted molar refractivity (Wildman–Crippen MR) is 92.2 cm³/mol. The van der Waals surface area contributed by atoms with Gasteiger partial charge in [0.25, 0.3) is 5.91 Å². The van der Waals surface area contributed by atoms with Crippen molar-refractivity contribution in [2.24, 2.45) is 5.10 Å². The van der Waals surface area contributed by atoms with E-state index in [2.05, 4.69) is 5.10 Å². The summed E-state index contributed by atoms with van der Waals surface area (Å²) in [6.45, 7) is 2.62. The first-order chi connectivity index (χ1) is 12.1. The van der Waals surface area contributed by atoms with Gasteiger partial charge in [0.2, 0.25) is 0 Å². The number of rotatable bonds is 5. The SMILES string of the molecule is CC(=O)[C@H]1CC(C(=O)OCC(=O)N2CCCC2)=NN1c1ccccc1. The first-order valence-electron chi connectivity index (χ1n) is 8.43. The molecule has 1 atom stereocenters. The van der Waals surface area contributed by atoms with E-state index in [1.165, 1.54) is 6.92 Å². The molecule has 7 nitrogen and oxygen atoms in total. The van der Waals surface area contributed by atoms with Crippen LogP contribution in [-0.4, -0.2) is 54.0 Å². The highest BCUT2D eigenvalue weighted by atomic mass is 16.5. The summed E-state index contributed by atoms with van der Waals surface area (Å²) in [6.07, 6.45) is 2.15. The molecule has 0 unspecified atom stereocenters. The van der Waals surface area contributed by atoms with E-state index in [0.29, 0.717) is 13.1 Å². The third-order valence-corrected chi connectivity index (χ3v) is 4.42. The van der Waals surface area contributed by atoms with Crippen molar-refractivity contribution in [3.05, 3.63) is 30.3 Å². The number of hydrazone groups is 1. The fourth-order valence-corrected chi connectivity index (χ4v) is 3.04. The Morgan fingerprint density at radius 2 is 1.84 bits per heavy atom. The van der Waals surface area contributed by atoms with Gasteiger partial charge in [-0.2, -0.15) is 5.10 Å². The molecule has 3 rings (SSSR count). The summed E-state index contributed by atoms with van der Waals surface area (Å²) in [6, 6.07) is 8.67. The van der Waals surface area contributed by atoms with Crippen molar-refractivity contribution in [2.45, 2.75) is 32.2 Å². The molecule has 25 heavy (non-hydrogen) atoms. The van der Waals surface area contributed by atoms with Gasteiger partial charge in [0.05, 0.1) is 5.69 Å². The zero-order chi connectivity index (χ0) is 17.8. The van der Waals surface area contributed by atoms with Crippen molar-refractivity contribution in [3.63, 3.8) is 0 Å². The topological polar surface area (TPSA) is 79.3 Å². The van der Waals surface area contributed by atoms with E-state index in [0.717, 1.165) is 18.5 Å². The Bertz CT molecular complexity index is 696. The summed E-state index contributed by atoms with van der Waals surface area (Å²) in [5.74, 6) is -0.909. The number of Topliss-reactive ketones (excluding diaryl/α,β-unsaturated/α-hetero) is 1. The molecule has 1 fully saturated rings. The van der Waals surface area contributed by atoms with E-state index in [-0.39, 0.29) is 30.4 Å². The summed E-state index contributed by atoms with van der Waals surface area (Å²) < 4.78 is 5.11. The first kappa shape index (κ1) is 17.1. The number of amides is 1. The molecule has 2 aliphatic heterocycles. The first-order valence-corrected chi connectivity index (χ1v) is 8.43. The largest absolute Gasteiger partial charge is 0.451 e. The van der Waals surface area contributed by atoms with Crippen molar-refractivity contribution in [1.29, 1.82) is 0 Å². The molecule has 1 aromatic carbocycles. The van der Waals surface area contributed by atoms with Crippen molar-refractivity contribution < 1.29 is 19.1 Å². The second kappa shape index (κ2) is 7.46. The maximum atomic E-state index is 12.2. The molecule has 1 saturated heterocycles. The number of para-hydroxylation sites is 1. The van der Waals surface area contributed by atoms with Crippen LogP contribution in [0.2, 0.25) is 0 Å². The minimum atomic E-state index is -0.641. The van der Waals surface area contributed by atoms with Gasteiger partial charge in [-0.3, -0.25) is 14.6 Å². The summed E-state index contributed by atoms with van der Waals surface area (Å²) >= 11 is 0. The normalized spacial score (nSPS) is 19.7. The lowest BCUT2D eigenvalue weighted by atomic mass is 10.1. The lowest BCUT2D eigenvalue weighted by Crippen LogP contribution is -2.34. The van der Waals surface area contributed by atoms with Gasteiger partial charge in [-0.05, 0) is 31.9 Å². The molecule has 0 aliphatic carbocycles. The number of likely N-dealkylation sites (tertiary alicyclic amines) is 1. The zero-order valence-corrected chi connectivity index (χ0v) is 14.2. The van der Waals surface area contributed by atoms with E-state index >= 15 is 0 Å². The number of carbonyl (C=O) groups is 3. The molecule has 1 amide bonds. The van der Waals surface area contributed by atoms with E-state index in [1.54, 1.807) is 9.91 Å². The van der Waals surface area contributed by atoms with Crippen molar-refractivity contribution in [1.82, 2.24) is 4.90 Å². The highest BCUT2D eigenvalue weighted by Gasteiger charge is 2.35. The monoisotopic (exact) mass is 343 g/mol. The van der Waals surface area contributed by atoms with E-state index in [4.69, 9.17) is 4.74 Å². The second-order valence-corrected chi connectivity index (χ2v) is 6.22. The predicted octanol–water partition coefficient (Wildman–Crippen LogP) is 1.38. The Labute approximate surface area is 146 Å². The van der Waals surface area contributed by atoms with Gasteiger partial charge in [-0.15, -0.1) is 0 Å². The Morgan fingerprint density at radius 1 is 1.16 bits per heavy atom. The highest BCUT2D eigenvalue weighted by Crippen LogP contribution is 2.25. The molecule has 0 radical (unpaired) electrons. The molecular formula is C18H21N3O4. The Hall–Kier alpha value is -2.70. The smallest absolute Gasteiger partial charge is 0.355 e. The van der Waals surface area contributed by atoms with Crippen LogP contribution in [0, 0.1) is 0 Å². The number of ketones is 1. The van der Waals surface area contributed by atoms with Gasteiger partial charge in [0.1, 0.15) is 11.8 Å². The van der Waals surface area contributed by atoms with Crippen molar-refractivity contribution >= 4 is 29.1 Å². The maximum Gasteiger partial charge on any atom is 0.355 e. The lowest BCUT2D eigenvalue weighted by molar-refractivity contribution is -0.146.